The normalized spacial score (nSPS) is 18.8. The average Bonchev–Trinajstić information content (AvgIpc) is 3.03. The van der Waals surface area contributed by atoms with E-state index in [-0.39, 0.29) is 0 Å². The molecule has 1 aromatic rings. The largest absolute Gasteiger partial charge is 0.480 e. The van der Waals surface area contributed by atoms with E-state index in [4.69, 9.17) is 9.47 Å². The Kier molecular flexibility index (Phi) is 5.42. The van der Waals surface area contributed by atoms with Crippen molar-refractivity contribution in [1.82, 2.24) is 10.3 Å². The summed E-state index contributed by atoms with van der Waals surface area (Å²) in [5.41, 5.74) is 0. The lowest BCUT2D eigenvalue weighted by Gasteiger charge is -2.09. The molecule has 0 spiro atoms. The molecule has 0 bridgehead atoms. The van der Waals surface area contributed by atoms with E-state index in [1.807, 2.05) is 19.0 Å². The lowest BCUT2D eigenvalue weighted by Crippen LogP contribution is -2.19. The number of nitrogens with zero attached hydrogens (tertiary/aromatic N) is 2. The fourth-order valence-corrected chi connectivity index (χ4v) is 3.05. The Bertz CT molecular complexity index is 389. The maximum absolute atomic E-state index is 5.60. The highest BCUT2D eigenvalue weighted by Gasteiger charge is 2.15. The quantitative estimate of drug-likeness (QED) is 0.775. The van der Waals surface area contributed by atoms with E-state index >= 15 is 0 Å². The zero-order valence-electron chi connectivity index (χ0n) is 11.9. The molecule has 0 aliphatic carbocycles. The SMILES string of the molecule is COc1nc(N(C)C)sc1CNCCC1CCCO1. The van der Waals surface area contributed by atoms with Crippen molar-refractivity contribution < 1.29 is 9.47 Å². The summed E-state index contributed by atoms with van der Waals surface area (Å²) in [4.78, 5) is 7.60. The molecule has 1 saturated heterocycles. The van der Waals surface area contributed by atoms with Crippen LogP contribution in [0.1, 0.15) is 24.1 Å². The van der Waals surface area contributed by atoms with Gasteiger partial charge in [-0.05, 0) is 25.8 Å². The third kappa shape index (κ3) is 4.06. The first-order chi connectivity index (χ1) is 9.20. The fraction of sp³-hybridized carbons (Fsp3) is 0.769. The molecule has 108 valence electrons. The lowest BCUT2D eigenvalue weighted by atomic mass is 10.2. The minimum atomic E-state index is 0.452. The van der Waals surface area contributed by atoms with Crippen LogP contribution < -0.4 is 15.0 Å². The third-order valence-corrected chi connectivity index (χ3v) is 4.38. The standard InChI is InChI=1S/C13H23N3O2S/c1-16(2)13-15-12(17-3)11(19-13)9-14-7-6-10-5-4-8-18-10/h10,14H,4-9H2,1-3H3. The molecule has 1 fully saturated rings. The molecule has 0 aromatic carbocycles. The van der Waals surface area contributed by atoms with Crippen molar-refractivity contribution in [1.29, 1.82) is 0 Å². The van der Waals surface area contributed by atoms with Gasteiger partial charge in [0.2, 0.25) is 5.88 Å². The van der Waals surface area contributed by atoms with Gasteiger partial charge in [-0.2, -0.15) is 4.98 Å². The molecule has 2 rings (SSSR count). The molecule has 1 N–H and O–H groups in total. The maximum atomic E-state index is 5.60. The maximum Gasteiger partial charge on any atom is 0.230 e. The van der Waals surface area contributed by atoms with Crippen LogP contribution in [0.15, 0.2) is 0 Å². The number of hydrogen-bond acceptors (Lipinski definition) is 6. The summed E-state index contributed by atoms with van der Waals surface area (Å²) in [6.07, 6.45) is 3.95. The Morgan fingerprint density at radius 2 is 2.37 bits per heavy atom. The van der Waals surface area contributed by atoms with Gasteiger partial charge in [0.1, 0.15) is 0 Å². The van der Waals surface area contributed by atoms with E-state index < -0.39 is 0 Å². The number of ether oxygens (including phenoxy) is 2. The van der Waals surface area contributed by atoms with E-state index in [1.54, 1.807) is 18.4 Å². The minimum absolute atomic E-state index is 0.452. The number of nitrogens with one attached hydrogen (secondary N) is 1. The van der Waals surface area contributed by atoms with Gasteiger partial charge in [0.15, 0.2) is 5.13 Å². The molecule has 5 nitrogen and oxygen atoms in total. The molecule has 0 saturated carbocycles. The molecule has 1 unspecified atom stereocenters. The van der Waals surface area contributed by atoms with E-state index in [0.29, 0.717) is 6.10 Å². The first kappa shape index (κ1) is 14.6. The molecule has 19 heavy (non-hydrogen) atoms. The number of aromatic nitrogens is 1. The van der Waals surface area contributed by atoms with E-state index in [1.165, 1.54) is 12.8 Å². The first-order valence-electron chi connectivity index (χ1n) is 6.74. The number of rotatable bonds is 7. The Labute approximate surface area is 118 Å². The Morgan fingerprint density at radius 3 is 3.00 bits per heavy atom. The highest BCUT2D eigenvalue weighted by Crippen LogP contribution is 2.30. The van der Waals surface area contributed by atoms with Crippen molar-refractivity contribution in [2.45, 2.75) is 31.9 Å². The number of anilines is 1. The topological polar surface area (TPSA) is 46.6 Å². The molecule has 6 heteroatoms. The van der Waals surface area contributed by atoms with Crippen molar-refractivity contribution in [3.63, 3.8) is 0 Å². The van der Waals surface area contributed by atoms with Gasteiger partial charge in [0.05, 0.1) is 18.1 Å². The second kappa shape index (κ2) is 7.07. The molecule has 0 radical (unpaired) electrons. The Hall–Kier alpha value is -0.850. The van der Waals surface area contributed by atoms with Crippen LogP contribution in [0, 0.1) is 0 Å². The minimum Gasteiger partial charge on any atom is -0.480 e. The van der Waals surface area contributed by atoms with Crippen LogP contribution in [-0.4, -0.2) is 45.4 Å². The van der Waals surface area contributed by atoms with Gasteiger partial charge in [-0.1, -0.05) is 11.3 Å². The Morgan fingerprint density at radius 1 is 1.53 bits per heavy atom. The highest BCUT2D eigenvalue weighted by atomic mass is 32.1. The van der Waals surface area contributed by atoms with Crippen molar-refractivity contribution in [2.75, 3.05) is 39.3 Å². The van der Waals surface area contributed by atoms with Crippen molar-refractivity contribution in [3.8, 4) is 5.88 Å². The summed E-state index contributed by atoms with van der Waals surface area (Å²) in [5, 5.41) is 4.43. The van der Waals surface area contributed by atoms with Gasteiger partial charge in [0, 0.05) is 27.2 Å². The summed E-state index contributed by atoms with van der Waals surface area (Å²) >= 11 is 1.67. The van der Waals surface area contributed by atoms with Gasteiger partial charge >= 0.3 is 0 Å². The van der Waals surface area contributed by atoms with Gasteiger partial charge in [-0.3, -0.25) is 0 Å². The number of thiazole rings is 1. The monoisotopic (exact) mass is 285 g/mol. The zero-order valence-corrected chi connectivity index (χ0v) is 12.8. The van der Waals surface area contributed by atoms with Crippen LogP contribution in [-0.2, 0) is 11.3 Å². The van der Waals surface area contributed by atoms with E-state index in [9.17, 15) is 0 Å². The highest BCUT2D eigenvalue weighted by molar-refractivity contribution is 7.15. The predicted molar refractivity (Wildman–Crippen MR) is 78.3 cm³/mol. The Balaban J connectivity index is 1.77. The van der Waals surface area contributed by atoms with Crippen molar-refractivity contribution >= 4 is 16.5 Å². The number of methoxy groups -OCH3 is 1. The second-order valence-corrected chi connectivity index (χ2v) is 5.99. The van der Waals surface area contributed by atoms with Crippen LogP contribution in [0.3, 0.4) is 0 Å². The lowest BCUT2D eigenvalue weighted by molar-refractivity contribution is 0.104. The first-order valence-corrected chi connectivity index (χ1v) is 7.55. The summed E-state index contributed by atoms with van der Waals surface area (Å²) in [6, 6.07) is 0. The van der Waals surface area contributed by atoms with Crippen LogP contribution >= 0.6 is 11.3 Å². The number of hydrogen-bond donors (Lipinski definition) is 1. The molecular formula is C13H23N3O2S. The van der Waals surface area contributed by atoms with Crippen molar-refractivity contribution in [2.24, 2.45) is 0 Å². The molecule has 1 atom stereocenters. The third-order valence-electron chi connectivity index (χ3n) is 3.18. The predicted octanol–water partition coefficient (Wildman–Crippen LogP) is 1.88. The van der Waals surface area contributed by atoms with Gasteiger partial charge in [0.25, 0.3) is 0 Å². The summed E-state index contributed by atoms with van der Waals surface area (Å²) in [6.45, 7) is 2.71. The fourth-order valence-electron chi connectivity index (χ4n) is 2.13. The zero-order chi connectivity index (χ0) is 13.7. The average molecular weight is 285 g/mol. The molecular weight excluding hydrogens is 262 g/mol. The molecule has 0 amide bonds. The molecule has 1 aliphatic rings. The molecule has 1 aromatic heterocycles. The van der Waals surface area contributed by atoms with Crippen LogP contribution in [0.2, 0.25) is 0 Å². The summed E-state index contributed by atoms with van der Waals surface area (Å²) < 4.78 is 10.9. The summed E-state index contributed by atoms with van der Waals surface area (Å²) in [7, 11) is 5.66. The van der Waals surface area contributed by atoms with Crippen LogP contribution in [0.4, 0.5) is 5.13 Å². The van der Waals surface area contributed by atoms with E-state index in [2.05, 4.69) is 10.3 Å². The van der Waals surface area contributed by atoms with Crippen molar-refractivity contribution in [3.05, 3.63) is 4.88 Å². The smallest absolute Gasteiger partial charge is 0.230 e. The van der Waals surface area contributed by atoms with Crippen LogP contribution in [0.5, 0.6) is 5.88 Å². The molecule has 2 heterocycles. The summed E-state index contributed by atoms with van der Waals surface area (Å²) in [5.74, 6) is 0.735. The van der Waals surface area contributed by atoms with Crippen LogP contribution in [0.25, 0.3) is 0 Å². The van der Waals surface area contributed by atoms with Gasteiger partial charge in [-0.25, -0.2) is 0 Å². The second-order valence-electron chi connectivity index (χ2n) is 4.92. The van der Waals surface area contributed by atoms with Gasteiger partial charge < -0.3 is 19.7 Å². The van der Waals surface area contributed by atoms with E-state index in [0.717, 1.165) is 42.0 Å². The van der Waals surface area contributed by atoms with Gasteiger partial charge in [-0.15, -0.1) is 0 Å². The molecule has 1 aliphatic heterocycles.